The van der Waals surface area contributed by atoms with Crippen molar-refractivity contribution in [1.29, 1.82) is 0 Å². The topological polar surface area (TPSA) is 0 Å². The molecule has 0 unspecified atom stereocenters. The predicted molar refractivity (Wildman–Crippen MR) is 123 cm³/mol. The van der Waals surface area contributed by atoms with Crippen molar-refractivity contribution in [2.45, 2.75) is 0 Å². The van der Waals surface area contributed by atoms with Gasteiger partial charge in [-0.1, -0.05) is 97.1 Å². The highest BCUT2D eigenvalue weighted by Crippen LogP contribution is 2.46. The van der Waals surface area contributed by atoms with E-state index >= 15 is 0 Å². The molecule has 0 aliphatic carbocycles. The van der Waals surface area contributed by atoms with Gasteiger partial charge in [0.25, 0.3) is 0 Å². The summed E-state index contributed by atoms with van der Waals surface area (Å²) in [5, 5.41) is 16.3. The van der Waals surface area contributed by atoms with E-state index in [0.29, 0.717) is 0 Å². The van der Waals surface area contributed by atoms with Crippen molar-refractivity contribution in [2.75, 3.05) is 0 Å². The normalized spacial score (nSPS) is 12.3. The van der Waals surface area contributed by atoms with Crippen molar-refractivity contribution >= 4 is 64.6 Å². The Labute approximate surface area is 162 Å². The highest BCUT2D eigenvalue weighted by molar-refractivity contribution is 6.42. The Morgan fingerprint density at radius 3 is 1.11 bits per heavy atom. The Bertz CT molecular complexity index is 1570. The number of hydrogen-bond acceptors (Lipinski definition) is 0. The summed E-state index contributed by atoms with van der Waals surface area (Å²) in [5.41, 5.74) is 0. The van der Waals surface area contributed by atoms with Crippen LogP contribution in [0.5, 0.6) is 0 Å². The van der Waals surface area contributed by atoms with E-state index in [1.807, 2.05) is 0 Å². The maximum atomic E-state index is 2.30. The predicted octanol–water partition coefficient (Wildman–Crippen LogP) is 8.04. The van der Waals surface area contributed by atoms with Crippen LogP contribution in [0.4, 0.5) is 0 Å². The molecule has 0 fully saturated rings. The average molecular weight is 352 g/mol. The molecule has 0 N–H and O–H groups in total. The van der Waals surface area contributed by atoms with Gasteiger partial charge in [0.1, 0.15) is 0 Å². The third kappa shape index (κ3) is 1.62. The van der Waals surface area contributed by atoms with Crippen LogP contribution in [0.1, 0.15) is 0 Å². The highest BCUT2D eigenvalue weighted by atomic mass is 14.2. The largest absolute Gasteiger partial charge is 0.0616 e. The molecule has 28 heavy (non-hydrogen) atoms. The lowest BCUT2D eigenvalue weighted by atomic mass is 9.85. The van der Waals surface area contributed by atoms with Gasteiger partial charge in [-0.3, -0.25) is 0 Å². The van der Waals surface area contributed by atoms with Gasteiger partial charge in [-0.2, -0.15) is 0 Å². The number of rotatable bonds is 0. The van der Waals surface area contributed by atoms with E-state index in [-0.39, 0.29) is 0 Å². The van der Waals surface area contributed by atoms with Gasteiger partial charge in [-0.05, 0) is 64.6 Å². The van der Waals surface area contributed by atoms with E-state index in [4.69, 9.17) is 0 Å². The lowest BCUT2D eigenvalue weighted by molar-refractivity contribution is 1.79. The minimum absolute atomic E-state index is 1.32. The molecule has 0 heteroatoms. The van der Waals surface area contributed by atoms with E-state index < -0.39 is 0 Å². The molecular formula is C28H16. The van der Waals surface area contributed by atoms with Crippen molar-refractivity contribution in [2.24, 2.45) is 0 Å². The van der Waals surface area contributed by atoms with Crippen LogP contribution in [0.25, 0.3) is 64.6 Å². The van der Waals surface area contributed by atoms with Crippen molar-refractivity contribution in [3.05, 3.63) is 97.1 Å². The van der Waals surface area contributed by atoms with Crippen molar-refractivity contribution in [3.8, 4) is 0 Å². The van der Waals surface area contributed by atoms with Gasteiger partial charge < -0.3 is 0 Å². The second kappa shape index (κ2) is 4.99. The molecule has 7 aromatic carbocycles. The van der Waals surface area contributed by atoms with E-state index in [0.717, 1.165) is 0 Å². The number of hydrogen-bond donors (Lipinski definition) is 0. The fourth-order valence-electron chi connectivity index (χ4n) is 5.27. The molecule has 0 heterocycles. The molecular weight excluding hydrogens is 336 g/mol. The molecule has 0 spiro atoms. The van der Waals surface area contributed by atoms with Gasteiger partial charge in [0.2, 0.25) is 0 Å². The summed E-state index contributed by atoms with van der Waals surface area (Å²) in [7, 11) is 0. The van der Waals surface area contributed by atoms with E-state index in [1.165, 1.54) is 64.6 Å². The van der Waals surface area contributed by atoms with Crippen LogP contribution in [0.15, 0.2) is 97.1 Å². The maximum absolute atomic E-state index is 2.30. The van der Waals surface area contributed by atoms with Crippen LogP contribution in [0.3, 0.4) is 0 Å². The summed E-state index contributed by atoms with van der Waals surface area (Å²) >= 11 is 0. The van der Waals surface area contributed by atoms with Gasteiger partial charge >= 0.3 is 0 Å². The summed E-state index contributed by atoms with van der Waals surface area (Å²) in [5.74, 6) is 0. The van der Waals surface area contributed by atoms with Gasteiger partial charge in [0.05, 0.1) is 0 Å². The summed E-state index contributed by atoms with van der Waals surface area (Å²) < 4.78 is 0. The third-order valence-electron chi connectivity index (χ3n) is 6.36. The second-order valence-electron chi connectivity index (χ2n) is 7.71. The fraction of sp³-hybridized carbons (Fsp3) is 0. The van der Waals surface area contributed by atoms with Gasteiger partial charge in [0.15, 0.2) is 0 Å². The maximum Gasteiger partial charge on any atom is -0.00137 e. The molecule has 0 bridgehead atoms. The SMILES string of the molecule is c1ccc2c(c1)c1ccccc1c1c3cccc4ccc5cccc(c5c43)c21. The Kier molecular flexibility index (Phi) is 2.57. The Morgan fingerprint density at radius 2 is 0.643 bits per heavy atom. The van der Waals surface area contributed by atoms with E-state index in [9.17, 15) is 0 Å². The fourth-order valence-corrected chi connectivity index (χ4v) is 5.27. The Hall–Kier alpha value is -3.64. The summed E-state index contributed by atoms with van der Waals surface area (Å²) in [6.45, 7) is 0. The zero-order valence-electron chi connectivity index (χ0n) is 15.2. The molecule has 0 saturated heterocycles. The molecule has 0 aliphatic rings. The quantitative estimate of drug-likeness (QED) is 0.191. The third-order valence-corrected chi connectivity index (χ3v) is 6.36. The minimum atomic E-state index is 1.32. The van der Waals surface area contributed by atoms with Gasteiger partial charge in [-0.15, -0.1) is 0 Å². The van der Waals surface area contributed by atoms with Crippen molar-refractivity contribution in [1.82, 2.24) is 0 Å². The van der Waals surface area contributed by atoms with Crippen LogP contribution in [0, 0.1) is 0 Å². The van der Waals surface area contributed by atoms with Crippen LogP contribution in [-0.2, 0) is 0 Å². The highest BCUT2D eigenvalue weighted by Gasteiger charge is 2.17. The summed E-state index contributed by atoms with van der Waals surface area (Å²) in [4.78, 5) is 0. The zero-order valence-corrected chi connectivity index (χ0v) is 15.2. The van der Waals surface area contributed by atoms with Crippen LogP contribution < -0.4 is 0 Å². The average Bonchev–Trinajstić information content (AvgIpc) is 2.77. The standard InChI is InChI=1S/C28H16/c1-3-11-21-19(9-1)20-10-2-4-12-22(20)28-24-14-6-8-18-16-15-17-7-5-13-23(27(21)28)25(17)26(18)24/h1-16H. The molecule has 0 atom stereocenters. The van der Waals surface area contributed by atoms with Gasteiger partial charge in [-0.25, -0.2) is 0 Å². The van der Waals surface area contributed by atoms with E-state index in [2.05, 4.69) is 97.1 Å². The first-order valence-electron chi connectivity index (χ1n) is 9.80. The molecule has 128 valence electrons. The minimum Gasteiger partial charge on any atom is -0.0616 e. The molecule has 0 amide bonds. The first-order chi connectivity index (χ1) is 13.9. The zero-order chi connectivity index (χ0) is 18.2. The lowest BCUT2D eigenvalue weighted by Gasteiger charge is -2.18. The number of benzene rings is 7. The molecule has 0 aliphatic heterocycles. The number of fused-ring (bicyclic) bond motifs is 8. The summed E-state index contributed by atoms with van der Waals surface area (Å²) in [6, 6.07) is 35.7. The first-order valence-corrected chi connectivity index (χ1v) is 9.80. The molecule has 7 aromatic rings. The molecule has 0 radical (unpaired) electrons. The van der Waals surface area contributed by atoms with Gasteiger partial charge in [0, 0.05) is 0 Å². The lowest BCUT2D eigenvalue weighted by Crippen LogP contribution is -1.90. The Balaban J connectivity index is 2.02. The monoisotopic (exact) mass is 352 g/mol. The van der Waals surface area contributed by atoms with Crippen LogP contribution in [0.2, 0.25) is 0 Å². The molecule has 0 nitrogen and oxygen atoms in total. The Morgan fingerprint density at radius 1 is 0.250 bits per heavy atom. The molecule has 7 rings (SSSR count). The summed E-state index contributed by atoms with van der Waals surface area (Å²) in [6.07, 6.45) is 0. The molecule has 0 aromatic heterocycles. The van der Waals surface area contributed by atoms with E-state index in [1.54, 1.807) is 0 Å². The van der Waals surface area contributed by atoms with Crippen LogP contribution >= 0.6 is 0 Å². The first kappa shape index (κ1) is 14.4. The second-order valence-corrected chi connectivity index (χ2v) is 7.71. The smallest absolute Gasteiger partial charge is 0.00137 e. The van der Waals surface area contributed by atoms with Crippen LogP contribution in [-0.4, -0.2) is 0 Å². The van der Waals surface area contributed by atoms with Crippen molar-refractivity contribution in [3.63, 3.8) is 0 Å². The van der Waals surface area contributed by atoms with Crippen molar-refractivity contribution < 1.29 is 0 Å². The molecule has 0 saturated carbocycles.